The van der Waals surface area contributed by atoms with Crippen LogP contribution in [0.25, 0.3) is 0 Å². The number of carbonyl (C=O) groups excluding carboxylic acids is 1. The largest absolute Gasteiger partial charge is 0.337 e. The smallest absolute Gasteiger partial charge is 0.253 e. The quantitative estimate of drug-likeness (QED) is 0.830. The molecule has 1 heterocycles. The molecule has 1 atom stereocenters. The third-order valence-electron chi connectivity index (χ3n) is 3.11. The Morgan fingerprint density at radius 1 is 1.44 bits per heavy atom. The molecule has 98 valence electrons. The van der Waals surface area contributed by atoms with E-state index >= 15 is 0 Å². The molecule has 1 aromatic carbocycles. The van der Waals surface area contributed by atoms with Crippen molar-refractivity contribution >= 4 is 27.3 Å². The van der Waals surface area contributed by atoms with E-state index in [4.69, 9.17) is 11.6 Å². The van der Waals surface area contributed by atoms with Gasteiger partial charge >= 0.3 is 0 Å². The molecule has 0 N–H and O–H groups in total. The van der Waals surface area contributed by atoms with Crippen molar-refractivity contribution in [1.29, 1.82) is 0 Å². The van der Waals surface area contributed by atoms with Crippen LogP contribution in [0.5, 0.6) is 0 Å². The highest BCUT2D eigenvalue weighted by molar-refractivity contribution is 7.91. The molecule has 1 aromatic rings. The minimum Gasteiger partial charge on any atom is -0.337 e. The molecule has 0 spiro atoms. The number of hydrogen-bond acceptors (Lipinski definition) is 3. The van der Waals surface area contributed by atoms with Crippen LogP contribution in [-0.2, 0) is 9.84 Å². The maximum atomic E-state index is 12.1. The average Bonchev–Trinajstić information content (AvgIpc) is 2.77. The maximum absolute atomic E-state index is 12.1. The molecule has 0 radical (unpaired) electrons. The molecule has 1 aliphatic rings. The molecule has 18 heavy (non-hydrogen) atoms. The number of amides is 1. The predicted molar refractivity (Wildman–Crippen MR) is 70.6 cm³/mol. The van der Waals surface area contributed by atoms with Crippen molar-refractivity contribution in [3.8, 4) is 0 Å². The van der Waals surface area contributed by atoms with Gasteiger partial charge in [0.25, 0.3) is 5.91 Å². The first-order valence-electron chi connectivity index (χ1n) is 5.61. The van der Waals surface area contributed by atoms with Crippen LogP contribution in [0.1, 0.15) is 16.8 Å². The first-order valence-corrected chi connectivity index (χ1v) is 7.95. The second kappa shape index (κ2) is 4.90. The Hall–Kier alpha value is -1.07. The van der Waals surface area contributed by atoms with Gasteiger partial charge in [0, 0.05) is 29.9 Å². The summed E-state index contributed by atoms with van der Waals surface area (Å²) in [5.41, 5.74) is 0.497. The average molecular weight is 288 g/mol. The monoisotopic (exact) mass is 287 g/mol. The third kappa shape index (κ3) is 2.84. The van der Waals surface area contributed by atoms with Gasteiger partial charge in [-0.15, -0.1) is 0 Å². The van der Waals surface area contributed by atoms with Gasteiger partial charge in [-0.1, -0.05) is 17.7 Å². The third-order valence-corrected chi connectivity index (χ3v) is 4.94. The molecule has 0 bridgehead atoms. The van der Waals surface area contributed by atoms with Crippen molar-refractivity contribution < 1.29 is 13.2 Å². The van der Waals surface area contributed by atoms with Gasteiger partial charge in [0.05, 0.1) is 5.25 Å². The standard InChI is InChI=1S/C12H14ClNO3S/c1-18(16,17)11-5-6-14(8-11)12(15)9-3-2-4-10(13)7-9/h2-4,7,11H,5-6,8H2,1H3/t11-/m0/s1. The normalized spacial score (nSPS) is 20.1. The van der Waals surface area contributed by atoms with E-state index in [1.165, 1.54) is 6.26 Å². The van der Waals surface area contributed by atoms with E-state index < -0.39 is 15.1 Å². The van der Waals surface area contributed by atoms with Crippen LogP contribution >= 0.6 is 11.6 Å². The van der Waals surface area contributed by atoms with E-state index in [9.17, 15) is 13.2 Å². The van der Waals surface area contributed by atoms with Gasteiger partial charge in [0.15, 0.2) is 9.84 Å². The lowest BCUT2D eigenvalue weighted by Gasteiger charge is -2.16. The Balaban J connectivity index is 2.13. The highest BCUT2D eigenvalue weighted by Crippen LogP contribution is 2.20. The second-order valence-electron chi connectivity index (χ2n) is 4.50. The fourth-order valence-corrected chi connectivity index (χ4v) is 3.24. The maximum Gasteiger partial charge on any atom is 0.253 e. The summed E-state index contributed by atoms with van der Waals surface area (Å²) in [7, 11) is -3.08. The lowest BCUT2D eigenvalue weighted by molar-refractivity contribution is 0.0793. The molecule has 0 saturated carbocycles. The van der Waals surface area contributed by atoms with Crippen molar-refractivity contribution in [1.82, 2.24) is 4.90 Å². The molecular weight excluding hydrogens is 274 g/mol. The number of hydrogen-bond donors (Lipinski definition) is 0. The van der Waals surface area contributed by atoms with Crippen LogP contribution in [0.3, 0.4) is 0 Å². The Morgan fingerprint density at radius 3 is 2.72 bits per heavy atom. The number of rotatable bonds is 2. The van der Waals surface area contributed by atoms with Gasteiger partial charge in [0.1, 0.15) is 0 Å². The van der Waals surface area contributed by atoms with Gasteiger partial charge in [-0.25, -0.2) is 8.42 Å². The summed E-state index contributed by atoms with van der Waals surface area (Å²) in [6.07, 6.45) is 1.72. The van der Waals surface area contributed by atoms with E-state index in [1.807, 2.05) is 0 Å². The van der Waals surface area contributed by atoms with Crippen LogP contribution in [0.2, 0.25) is 5.02 Å². The van der Waals surface area contributed by atoms with Crippen molar-refractivity contribution in [2.75, 3.05) is 19.3 Å². The zero-order valence-electron chi connectivity index (χ0n) is 9.97. The first-order chi connectivity index (χ1) is 8.38. The molecule has 1 amide bonds. The minimum atomic E-state index is -3.08. The number of halogens is 1. The van der Waals surface area contributed by atoms with Crippen LogP contribution in [0.4, 0.5) is 0 Å². The highest BCUT2D eigenvalue weighted by atomic mass is 35.5. The topological polar surface area (TPSA) is 54.5 Å². The SMILES string of the molecule is CS(=O)(=O)[C@H]1CCN(C(=O)c2cccc(Cl)c2)C1. The molecule has 2 rings (SSSR count). The van der Waals surface area contributed by atoms with Crippen molar-refractivity contribution in [2.24, 2.45) is 0 Å². The Labute approximate surface area is 111 Å². The lowest BCUT2D eigenvalue weighted by atomic mass is 10.2. The Morgan fingerprint density at radius 2 is 2.17 bits per heavy atom. The molecule has 0 aromatic heterocycles. The van der Waals surface area contributed by atoms with Crippen LogP contribution in [-0.4, -0.2) is 43.8 Å². The number of likely N-dealkylation sites (tertiary alicyclic amines) is 1. The van der Waals surface area contributed by atoms with Crippen LogP contribution < -0.4 is 0 Å². The summed E-state index contributed by atoms with van der Waals surface area (Å²) < 4.78 is 22.9. The number of carbonyl (C=O) groups is 1. The van der Waals surface area contributed by atoms with E-state index in [0.717, 1.165) is 0 Å². The lowest BCUT2D eigenvalue weighted by Crippen LogP contribution is -2.31. The van der Waals surface area contributed by atoms with Gasteiger partial charge in [-0.3, -0.25) is 4.79 Å². The number of sulfone groups is 1. The van der Waals surface area contributed by atoms with Gasteiger partial charge < -0.3 is 4.90 Å². The Kier molecular flexibility index (Phi) is 3.64. The second-order valence-corrected chi connectivity index (χ2v) is 7.26. The van der Waals surface area contributed by atoms with E-state index in [0.29, 0.717) is 23.6 Å². The van der Waals surface area contributed by atoms with Gasteiger partial charge in [-0.2, -0.15) is 0 Å². The van der Waals surface area contributed by atoms with E-state index in [1.54, 1.807) is 29.2 Å². The van der Waals surface area contributed by atoms with Gasteiger partial charge in [0.2, 0.25) is 0 Å². The molecule has 4 nitrogen and oxygen atoms in total. The molecule has 0 unspecified atom stereocenters. The van der Waals surface area contributed by atoms with E-state index in [2.05, 4.69) is 0 Å². The van der Waals surface area contributed by atoms with Crippen LogP contribution in [0.15, 0.2) is 24.3 Å². The van der Waals surface area contributed by atoms with Crippen molar-refractivity contribution in [3.63, 3.8) is 0 Å². The summed E-state index contributed by atoms with van der Waals surface area (Å²) in [6, 6.07) is 6.68. The molecule has 1 aliphatic heterocycles. The summed E-state index contributed by atoms with van der Waals surface area (Å²) in [4.78, 5) is 13.7. The first kappa shape index (κ1) is 13.4. The summed E-state index contributed by atoms with van der Waals surface area (Å²) in [5.74, 6) is -0.163. The minimum absolute atomic E-state index is 0.163. The van der Waals surface area contributed by atoms with Gasteiger partial charge in [-0.05, 0) is 24.6 Å². The predicted octanol–water partition coefficient (Wildman–Crippen LogP) is 1.60. The van der Waals surface area contributed by atoms with Crippen molar-refractivity contribution in [3.05, 3.63) is 34.9 Å². The fourth-order valence-electron chi connectivity index (χ4n) is 2.07. The van der Waals surface area contributed by atoms with Crippen molar-refractivity contribution in [2.45, 2.75) is 11.7 Å². The number of benzene rings is 1. The molecule has 1 fully saturated rings. The molecular formula is C12H14ClNO3S. The van der Waals surface area contributed by atoms with E-state index in [-0.39, 0.29) is 12.5 Å². The summed E-state index contributed by atoms with van der Waals surface area (Å²) in [5, 5.41) is 0.0559. The highest BCUT2D eigenvalue weighted by Gasteiger charge is 2.32. The molecule has 1 saturated heterocycles. The molecule has 0 aliphatic carbocycles. The summed E-state index contributed by atoms with van der Waals surface area (Å²) >= 11 is 5.83. The van der Waals surface area contributed by atoms with Crippen LogP contribution in [0, 0.1) is 0 Å². The fraction of sp³-hybridized carbons (Fsp3) is 0.417. The summed E-state index contributed by atoms with van der Waals surface area (Å²) in [6.45, 7) is 0.743. The zero-order valence-corrected chi connectivity index (χ0v) is 11.5. The zero-order chi connectivity index (χ0) is 13.3. The number of nitrogens with zero attached hydrogens (tertiary/aromatic N) is 1. The molecule has 6 heteroatoms. The Bertz CT molecular complexity index is 570.